The van der Waals surface area contributed by atoms with E-state index in [2.05, 4.69) is 5.32 Å². The summed E-state index contributed by atoms with van der Waals surface area (Å²) in [5, 5.41) is 24.5. The minimum atomic E-state index is -1.12. The van der Waals surface area contributed by atoms with Crippen molar-refractivity contribution in [2.75, 3.05) is 13.2 Å². The third-order valence-electron chi connectivity index (χ3n) is 4.85. The summed E-state index contributed by atoms with van der Waals surface area (Å²) in [6, 6.07) is 4.35. The molecule has 0 aliphatic carbocycles. The minimum Gasteiger partial charge on any atom is -0.388 e. The maximum atomic E-state index is 12.7. The Kier molecular flexibility index (Phi) is 5.93. The van der Waals surface area contributed by atoms with Gasteiger partial charge in [-0.15, -0.1) is 0 Å². The van der Waals surface area contributed by atoms with Crippen LogP contribution in [-0.4, -0.2) is 65.1 Å². The van der Waals surface area contributed by atoms with Gasteiger partial charge in [0.1, 0.15) is 18.3 Å². The van der Waals surface area contributed by atoms with Crippen LogP contribution in [0.15, 0.2) is 24.3 Å². The maximum absolute atomic E-state index is 12.7. The lowest BCUT2D eigenvalue weighted by atomic mass is 9.99. The van der Waals surface area contributed by atoms with Gasteiger partial charge in [0.2, 0.25) is 0 Å². The highest BCUT2D eigenvalue weighted by Crippen LogP contribution is 2.30. The molecule has 29 heavy (non-hydrogen) atoms. The van der Waals surface area contributed by atoms with Crippen LogP contribution in [0.3, 0.4) is 0 Å². The SMILES string of the molecule is CC1(C)OCC(C(O)C(NC(=O)c2ccc([N+](=O)[O-])cc2)C2COC(C)(C)O2)O1. The van der Waals surface area contributed by atoms with Crippen LogP contribution in [-0.2, 0) is 18.9 Å². The van der Waals surface area contributed by atoms with Gasteiger partial charge in [-0.25, -0.2) is 0 Å². The van der Waals surface area contributed by atoms with Gasteiger partial charge in [-0.2, -0.15) is 0 Å². The summed E-state index contributed by atoms with van der Waals surface area (Å²) in [6.45, 7) is 7.30. The van der Waals surface area contributed by atoms with Crippen LogP contribution < -0.4 is 5.32 Å². The monoisotopic (exact) mass is 410 g/mol. The molecule has 2 N–H and O–H groups in total. The molecule has 10 nitrogen and oxygen atoms in total. The molecule has 1 amide bonds. The second kappa shape index (κ2) is 7.96. The van der Waals surface area contributed by atoms with Crippen molar-refractivity contribution in [3.05, 3.63) is 39.9 Å². The summed E-state index contributed by atoms with van der Waals surface area (Å²) in [4.78, 5) is 23.0. The molecule has 4 unspecified atom stereocenters. The first-order valence-electron chi connectivity index (χ1n) is 9.34. The van der Waals surface area contributed by atoms with E-state index >= 15 is 0 Å². The first kappa shape index (κ1) is 21.6. The third-order valence-corrected chi connectivity index (χ3v) is 4.85. The van der Waals surface area contributed by atoms with E-state index in [-0.39, 0.29) is 24.5 Å². The molecule has 2 aliphatic heterocycles. The highest BCUT2D eigenvalue weighted by molar-refractivity contribution is 5.94. The molecule has 4 atom stereocenters. The molecule has 2 heterocycles. The molecule has 2 aliphatic rings. The van der Waals surface area contributed by atoms with Crippen LogP contribution in [0.1, 0.15) is 38.1 Å². The number of ether oxygens (including phenoxy) is 4. The molecule has 0 bridgehead atoms. The summed E-state index contributed by atoms with van der Waals surface area (Å²) in [7, 11) is 0. The van der Waals surface area contributed by atoms with Crippen molar-refractivity contribution in [2.24, 2.45) is 0 Å². The number of carbonyl (C=O) groups is 1. The summed E-state index contributed by atoms with van der Waals surface area (Å²) in [6.07, 6.45) is -2.41. The topological polar surface area (TPSA) is 129 Å². The van der Waals surface area contributed by atoms with Gasteiger partial charge in [0.05, 0.1) is 24.2 Å². The highest BCUT2D eigenvalue weighted by Gasteiger charge is 2.46. The number of nitrogens with one attached hydrogen (secondary N) is 1. The normalized spacial score (nSPS) is 27.3. The summed E-state index contributed by atoms with van der Waals surface area (Å²) < 4.78 is 22.7. The summed E-state index contributed by atoms with van der Waals surface area (Å²) >= 11 is 0. The van der Waals surface area contributed by atoms with Gasteiger partial charge in [-0.1, -0.05) is 0 Å². The number of benzene rings is 1. The molecule has 0 radical (unpaired) electrons. The van der Waals surface area contributed by atoms with Crippen molar-refractivity contribution in [3.8, 4) is 0 Å². The zero-order chi connectivity index (χ0) is 21.4. The second-order valence-corrected chi connectivity index (χ2v) is 8.03. The van der Waals surface area contributed by atoms with Crippen LogP contribution in [0.4, 0.5) is 5.69 Å². The van der Waals surface area contributed by atoms with E-state index in [1.165, 1.54) is 24.3 Å². The average molecular weight is 410 g/mol. The quantitative estimate of drug-likeness (QED) is 0.531. The highest BCUT2D eigenvalue weighted by atomic mass is 16.8. The fraction of sp³-hybridized carbons (Fsp3) is 0.632. The lowest BCUT2D eigenvalue weighted by Gasteiger charge is -2.32. The number of non-ortho nitro benzene ring substituents is 1. The smallest absolute Gasteiger partial charge is 0.269 e. The van der Waals surface area contributed by atoms with Crippen LogP contribution in [0.5, 0.6) is 0 Å². The molecule has 1 aromatic rings. The number of amides is 1. The molecule has 2 fully saturated rings. The molecule has 0 spiro atoms. The molecular formula is C19H26N2O8. The molecular weight excluding hydrogens is 384 g/mol. The summed E-state index contributed by atoms with van der Waals surface area (Å²) in [5.74, 6) is -2.20. The van der Waals surface area contributed by atoms with E-state index in [0.717, 1.165) is 0 Å². The Labute approximate surface area is 168 Å². The number of rotatable bonds is 6. The van der Waals surface area contributed by atoms with Gasteiger partial charge < -0.3 is 29.4 Å². The fourth-order valence-corrected chi connectivity index (χ4v) is 3.37. The van der Waals surface area contributed by atoms with Crippen molar-refractivity contribution in [2.45, 2.75) is 63.6 Å². The predicted octanol–water partition coefficient (Wildman–Crippen LogP) is 1.36. The maximum Gasteiger partial charge on any atom is 0.269 e. The van der Waals surface area contributed by atoms with E-state index in [4.69, 9.17) is 18.9 Å². The van der Waals surface area contributed by atoms with Gasteiger partial charge in [0.15, 0.2) is 11.6 Å². The van der Waals surface area contributed by atoms with E-state index in [9.17, 15) is 20.0 Å². The lowest BCUT2D eigenvalue weighted by Crippen LogP contribution is -2.56. The largest absolute Gasteiger partial charge is 0.388 e. The van der Waals surface area contributed by atoms with Gasteiger partial charge in [0, 0.05) is 17.7 Å². The average Bonchev–Trinajstić information content (AvgIpc) is 3.20. The Morgan fingerprint density at radius 1 is 1.10 bits per heavy atom. The number of carbonyl (C=O) groups excluding carboxylic acids is 1. The second-order valence-electron chi connectivity index (χ2n) is 8.03. The molecule has 2 saturated heterocycles. The number of hydrogen-bond acceptors (Lipinski definition) is 8. The third kappa shape index (κ3) is 5.09. The van der Waals surface area contributed by atoms with Crippen molar-refractivity contribution in [3.63, 3.8) is 0 Å². The minimum absolute atomic E-state index is 0.119. The zero-order valence-corrected chi connectivity index (χ0v) is 16.8. The number of nitro groups is 1. The molecule has 1 aromatic carbocycles. The van der Waals surface area contributed by atoms with Crippen molar-refractivity contribution < 1.29 is 33.8 Å². The Morgan fingerprint density at radius 2 is 1.62 bits per heavy atom. The number of nitro benzene ring substituents is 1. The van der Waals surface area contributed by atoms with Crippen molar-refractivity contribution >= 4 is 11.6 Å². The van der Waals surface area contributed by atoms with E-state index in [1.54, 1.807) is 27.7 Å². The standard InChI is InChI=1S/C19H26N2O8/c1-18(2)26-9-13(28-18)15(16(22)14-10-27-19(3,4)29-14)20-17(23)11-5-7-12(8-6-11)21(24)25/h5-8,13-16,22H,9-10H2,1-4H3,(H,20,23). The Balaban J connectivity index is 1.77. The van der Waals surface area contributed by atoms with Crippen LogP contribution in [0, 0.1) is 10.1 Å². The number of aliphatic hydroxyl groups is 1. The number of aliphatic hydroxyl groups excluding tert-OH is 1. The lowest BCUT2D eigenvalue weighted by molar-refractivity contribution is -0.384. The first-order chi connectivity index (χ1) is 13.5. The molecule has 3 rings (SSSR count). The van der Waals surface area contributed by atoms with E-state index < -0.39 is 46.8 Å². The Hall–Kier alpha value is -2.11. The first-order valence-corrected chi connectivity index (χ1v) is 9.34. The van der Waals surface area contributed by atoms with Gasteiger partial charge in [-0.3, -0.25) is 14.9 Å². The van der Waals surface area contributed by atoms with E-state index in [0.29, 0.717) is 0 Å². The number of nitrogens with zero attached hydrogens (tertiary/aromatic N) is 1. The molecule has 10 heteroatoms. The van der Waals surface area contributed by atoms with Crippen LogP contribution in [0.25, 0.3) is 0 Å². The fourth-order valence-electron chi connectivity index (χ4n) is 3.37. The Bertz CT molecular complexity index is 764. The summed E-state index contributed by atoms with van der Waals surface area (Å²) in [5.41, 5.74) is 0.0982. The van der Waals surface area contributed by atoms with Crippen LogP contribution >= 0.6 is 0 Å². The van der Waals surface area contributed by atoms with Crippen molar-refractivity contribution in [1.29, 1.82) is 0 Å². The molecule has 0 aromatic heterocycles. The number of hydrogen-bond donors (Lipinski definition) is 2. The van der Waals surface area contributed by atoms with Crippen LogP contribution in [0.2, 0.25) is 0 Å². The van der Waals surface area contributed by atoms with Gasteiger partial charge in [-0.05, 0) is 39.8 Å². The van der Waals surface area contributed by atoms with E-state index in [1.807, 2.05) is 0 Å². The van der Waals surface area contributed by atoms with Gasteiger partial charge in [0.25, 0.3) is 11.6 Å². The molecule has 0 saturated carbocycles. The van der Waals surface area contributed by atoms with Gasteiger partial charge >= 0.3 is 0 Å². The zero-order valence-electron chi connectivity index (χ0n) is 16.8. The molecule has 160 valence electrons. The predicted molar refractivity (Wildman–Crippen MR) is 100 cm³/mol. The Morgan fingerprint density at radius 3 is 2.07 bits per heavy atom. The van der Waals surface area contributed by atoms with Crippen molar-refractivity contribution in [1.82, 2.24) is 5.32 Å².